The number of methoxy groups -OCH3 is 2. The van der Waals surface area contributed by atoms with Crippen LogP contribution in [0.4, 0.5) is 0 Å². The molecule has 0 radical (unpaired) electrons. The summed E-state index contributed by atoms with van der Waals surface area (Å²) >= 11 is 0. The lowest BCUT2D eigenvalue weighted by molar-refractivity contribution is -0.0855. The van der Waals surface area contributed by atoms with Gasteiger partial charge in [-0.3, -0.25) is 4.99 Å². The van der Waals surface area contributed by atoms with Gasteiger partial charge < -0.3 is 29.6 Å². The van der Waals surface area contributed by atoms with Crippen molar-refractivity contribution < 1.29 is 18.9 Å². The third-order valence-corrected chi connectivity index (χ3v) is 4.85. The molecule has 0 amide bonds. The van der Waals surface area contributed by atoms with Crippen molar-refractivity contribution in [3.05, 3.63) is 29.3 Å². The van der Waals surface area contributed by atoms with Crippen LogP contribution in [0.15, 0.2) is 23.2 Å². The standard InChI is InChI=1S/C20H33N3O4/c1-16-5-6-17(18(13-16)27-12-11-24-3)14-22-19(21-2)23-15-20(25-4)7-9-26-10-8-20/h5-6,13H,7-12,14-15H2,1-4H3,(H2,21,22,23). The largest absolute Gasteiger partial charge is 0.491 e. The average molecular weight is 380 g/mol. The summed E-state index contributed by atoms with van der Waals surface area (Å²) in [6.45, 7) is 5.91. The van der Waals surface area contributed by atoms with E-state index in [0.29, 0.717) is 26.3 Å². The quantitative estimate of drug-likeness (QED) is 0.388. The number of aliphatic imine (C=N–C) groups is 1. The van der Waals surface area contributed by atoms with Gasteiger partial charge in [-0.05, 0) is 18.6 Å². The molecule has 0 aliphatic carbocycles. The van der Waals surface area contributed by atoms with Crippen LogP contribution < -0.4 is 15.4 Å². The Morgan fingerprint density at radius 3 is 2.63 bits per heavy atom. The van der Waals surface area contributed by atoms with Gasteiger partial charge in [-0.25, -0.2) is 0 Å². The van der Waals surface area contributed by atoms with Crippen LogP contribution in [-0.2, 0) is 20.8 Å². The molecule has 0 saturated carbocycles. The number of nitrogens with one attached hydrogen (secondary N) is 2. The minimum absolute atomic E-state index is 0.200. The molecule has 152 valence electrons. The first-order valence-electron chi connectivity index (χ1n) is 9.41. The number of guanidine groups is 1. The molecular formula is C20H33N3O4. The molecule has 1 fully saturated rings. The Balaban J connectivity index is 1.91. The Kier molecular flexibility index (Phi) is 8.84. The van der Waals surface area contributed by atoms with Crippen molar-refractivity contribution >= 4 is 5.96 Å². The Morgan fingerprint density at radius 1 is 1.19 bits per heavy atom. The van der Waals surface area contributed by atoms with E-state index < -0.39 is 0 Å². The van der Waals surface area contributed by atoms with Crippen LogP contribution in [0.2, 0.25) is 0 Å². The molecule has 1 aliphatic heterocycles. The molecule has 0 bridgehead atoms. The zero-order valence-corrected chi connectivity index (χ0v) is 17.0. The molecule has 1 saturated heterocycles. The highest BCUT2D eigenvalue weighted by molar-refractivity contribution is 5.79. The molecule has 7 heteroatoms. The zero-order chi connectivity index (χ0) is 19.5. The summed E-state index contributed by atoms with van der Waals surface area (Å²) in [6, 6.07) is 6.20. The number of hydrogen-bond donors (Lipinski definition) is 2. The van der Waals surface area contributed by atoms with Crippen molar-refractivity contribution in [2.75, 3.05) is 54.2 Å². The molecule has 0 aromatic heterocycles. The molecule has 27 heavy (non-hydrogen) atoms. The van der Waals surface area contributed by atoms with Crippen molar-refractivity contribution in [1.82, 2.24) is 10.6 Å². The molecule has 2 rings (SSSR count). The van der Waals surface area contributed by atoms with Gasteiger partial charge in [-0.2, -0.15) is 0 Å². The van der Waals surface area contributed by atoms with E-state index in [4.69, 9.17) is 18.9 Å². The topological polar surface area (TPSA) is 73.3 Å². The fraction of sp³-hybridized carbons (Fsp3) is 0.650. The van der Waals surface area contributed by atoms with Gasteiger partial charge >= 0.3 is 0 Å². The van der Waals surface area contributed by atoms with Crippen LogP contribution in [-0.4, -0.2) is 65.8 Å². The van der Waals surface area contributed by atoms with Gasteiger partial charge in [0.1, 0.15) is 12.4 Å². The van der Waals surface area contributed by atoms with Gasteiger partial charge in [-0.1, -0.05) is 12.1 Å². The molecule has 1 aliphatic rings. The molecule has 7 nitrogen and oxygen atoms in total. The molecule has 2 N–H and O–H groups in total. The SMILES string of the molecule is CN=C(NCc1ccc(C)cc1OCCOC)NCC1(OC)CCOCC1. The van der Waals surface area contributed by atoms with Crippen molar-refractivity contribution in [2.24, 2.45) is 4.99 Å². The smallest absolute Gasteiger partial charge is 0.191 e. The number of hydrogen-bond acceptors (Lipinski definition) is 5. The first-order chi connectivity index (χ1) is 13.1. The van der Waals surface area contributed by atoms with Gasteiger partial charge in [0.25, 0.3) is 0 Å². The van der Waals surface area contributed by atoms with Crippen molar-refractivity contribution in [3.63, 3.8) is 0 Å². The lowest BCUT2D eigenvalue weighted by atomic mass is 9.94. The van der Waals surface area contributed by atoms with Crippen LogP contribution in [0.1, 0.15) is 24.0 Å². The number of ether oxygens (including phenoxy) is 4. The number of benzene rings is 1. The Labute approximate surface area is 162 Å². The van der Waals surface area contributed by atoms with E-state index in [9.17, 15) is 0 Å². The van der Waals surface area contributed by atoms with Crippen molar-refractivity contribution in [3.8, 4) is 5.75 Å². The third kappa shape index (κ3) is 6.68. The molecule has 0 spiro atoms. The van der Waals surface area contributed by atoms with Gasteiger partial charge in [0.05, 0.1) is 12.2 Å². The van der Waals surface area contributed by atoms with Gasteiger partial charge in [0.2, 0.25) is 0 Å². The van der Waals surface area contributed by atoms with E-state index in [2.05, 4.69) is 34.7 Å². The van der Waals surface area contributed by atoms with E-state index in [-0.39, 0.29) is 5.60 Å². The maximum Gasteiger partial charge on any atom is 0.191 e. The van der Waals surface area contributed by atoms with Crippen molar-refractivity contribution in [1.29, 1.82) is 0 Å². The van der Waals surface area contributed by atoms with E-state index >= 15 is 0 Å². The Bertz CT molecular complexity index is 601. The lowest BCUT2D eigenvalue weighted by Gasteiger charge is -2.36. The summed E-state index contributed by atoms with van der Waals surface area (Å²) in [4.78, 5) is 4.32. The second-order valence-corrected chi connectivity index (χ2v) is 6.73. The monoisotopic (exact) mass is 379 g/mol. The highest BCUT2D eigenvalue weighted by atomic mass is 16.5. The summed E-state index contributed by atoms with van der Waals surface area (Å²) in [6.07, 6.45) is 1.76. The molecule has 0 unspecified atom stereocenters. The minimum atomic E-state index is -0.200. The Morgan fingerprint density at radius 2 is 1.96 bits per heavy atom. The second-order valence-electron chi connectivity index (χ2n) is 6.73. The molecule has 1 aromatic rings. The van der Waals surface area contributed by atoms with Crippen LogP contribution in [0.5, 0.6) is 5.75 Å². The van der Waals surface area contributed by atoms with Crippen LogP contribution >= 0.6 is 0 Å². The second kappa shape index (κ2) is 11.1. The van der Waals surface area contributed by atoms with E-state index in [1.165, 1.54) is 0 Å². The average Bonchev–Trinajstić information content (AvgIpc) is 2.70. The van der Waals surface area contributed by atoms with Crippen molar-refractivity contribution in [2.45, 2.75) is 31.9 Å². The van der Waals surface area contributed by atoms with Gasteiger partial charge in [0, 0.05) is 66.0 Å². The molecular weight excluding hydrogens is 346 g/mol. The lowest BCUT2D eigenvalue weighted by Crippen LogP contribution is -2.50. The van der Waals surface area contributed by atoms with Crippen LogP contribution in [0, 0.1) is 6.92 Å². The minimum Gasteiger partial charge on any atom is -0.491 e. The zero-order valence-electron chi connectivity index (χ0n) is 17.0. The predicted molar refractivity (Wildman–Crippen MR) is 107 cm³/mol. The van der Waals surface area contributed by atoms with E-state index in [1.54, 1.807) is 21.3 Å². The van der Waals surface area contributed by atoms with Gasteiger partial charge in [-0.15, -0.1) is 0 Å². The number of nitrogens with zero attached hydrogens (tertiary/aromatic N) is 1. The van der Waals surface area contributed by atoms with Crippen LogP contribution in [0.3, 0.4) is 0 Å². The first kappa shape index (κ1) is 21.5. The number of rotatable bonds is 9. The molecule has 1 heterocycles. The molecule has 1 aromatic carbocycles. The summed E-state index contributed by atoms with van der Waals surface area (Å²) in [5.41, 5.74) is 2.04. The van der Waals surface area contributed by atoms with E-state index in [0.717, 1.165) is 48.9 Å². The summed E-state index contributed by atoms with van der Waals surface area (Å²) in [5.74, 6) is 1.61. The third-order valence-electron chi connectivity index (χ3n) is 4.85. The highest BCUT2D eigenvalue weighted by Gasteiger charge is 2.32. The predicted octanol–water partition coefficient (Wildman–Crippen LogP) is 1.88. The Hall–Kier alpha value is -1.83. The fourth-order valence-electron chi connectivity index (χ4n) is 3.02. The summed E-state index contributed by atoms with van der Waals surface area (Å²) in [5, 5.41) is 6.74. The highest BCUT2D eigenvalue weighted by Crippen LogP contribution is 2.23. The summed E-state index contributed by atoms with van der Waals surface area (Å²) < 4.78 is 22.1. The maximum absolute atomic E-state index is 5.85. The normalized spacial score (nSPS) is 16.8. The van der Waals surface area contributed by atoms with Gasteiger partial charge in [0.15, 0.2) is 5.96 Å². The first-order valence-corrected chi connectivity index (χ1v) is 9.41. The number of aryl methyl sites for hydroxylation is 1. The summed E-state index contributed by atoms with van der Waals surface area (Å²) in [7, 11) is 5.20. The van der Waals surface area contributed by atoms with E-state index in [1.807, 2.05) is 6.07 Å². The van der Waals surface area contributed by atoms with Crippen LogP contribution in [0.25, 0.3) is 0 Å². The molecule has 0 atom stereocenters. The fourth-order valence-corrected chi connectivity index (χ4v) is 3.02. The maximum atomic E-state index is 5.85.